The summed E-state index contributed by atoms with van der Waals surface area (Å²) in [7, 11) is 0. The van der Waals surface area contributed by atoms with Gasteiger partial charge in [-0.3, -0.25) is 9.59 Å². The zero-order chi connectivity index (χ0) is 24.2. The molecule has 33 heavy (non-hydrogen) atoms. The largest absolute Gasteiger partial charge is 0.332 e. The Morgan fingerprint density at radius 1 is 1.09 bits per heavy atom. The van der Waals surface area contributed by atoms with E-state index in [0.29, 0.717) is 22.9 Å². The highest BCUT2D eigenvalue weighted by molar-refractivity contribution is 6.31. The molecule has 1 heterocycles. The van der Waals surface area contributed by atoms with Crippen molar-refractivity contribution in [3.8, 4) is 5.69 Å². The molecular weight excluding hydrogens is 459 g/mol. The predicted molar refractivity (Wildman–Crippen MR) is 133 cm³/mol. The van der Waals surface area contributed by atoms with E-state index in [1.54, 1.807) is 28.9 Å². The van der Waals surface area contributed by atoms with Gasteiger partial charge in [0, 0.05) is 23.0 Å². The molecule has 0 radical (unpaired) electrons. The van der Waals surface area contributed by atoms with Gasteiger partial charge in [-0.2, -0.15) is 5.10 Å². The van der Waals surface area contributed by atoms with E-state index in [-0.39, 0.29) is 23.8 Å². The summed E-state index contributed by atoms with van der Waals surface area (Å²) in [6, 6.07) is 18.1. The number of aromatic nitrogens is 2. The summed E-state index contributed by atoms with van der Waals surface area (Å²) in [5.41, 5.74) is 2.06. The number of likely N-dealkylation sites (N-methyl/N-ethyl adjacent to an activating group) is 1. The molecular formula is C25H28Cl2N4O2. The number of nitrogens with one attached hydrogen (secondary N) is 1. The first-order valence-corrected chi connectivity index (χ1v) is 11.6. The van der Waals surface area contributed by atoms with Crippen molar-refractivity contribution in [3.05, 3.63) is 76.9 Å². The lowest BCUT2D eigenvalue weighted by atomic mass is 9.92. The number of nitrogens with zero attached hydrogens (tertiary/aromatic N) is 3. The van der Waals surface area contributed by atoms with Gasteiger partial charge in [0.25, 0.3) is 0 Å². The Hall–Kier alpha value is -2.83. The fourth-order valence-electron chi connectivity index (χ4n) is 3.24. The number of hydrogen-bond acceptors (Lipinski definition) is 3. The van der Waals surface area contributed by atoms with Crippen LogP contribution in [-0.2, 0) is 15.0 Å². The van der Waals surface area contributed by atoms with Crippen molar-refractivity contribution in [1.29, 1.82) is 0 Å². The van der Waals surface area contributed by atoms with Gasteiger partial charge < -0.3 is 10.2 Å². The van der Waals surface area contributed by atoms with E-state index < -0.39 is 5.38 Å². The quantitative estimate of drug-likeness (QED) is 0.442. The van der Waals surface area contributed by atoms with Crippen molar-refractivity contribution in [2.45, 2.75) is 38.5 Å². The van der Waals surface area contributed by atoms with E-state index in [1.807, 2.05) is 43.3 Å². The number of hydrogen-bond donors (Lipinski definition) is 1. The summed E-state index contributed by atoms with van der Waals surface area (Å²) in [6.07, 6.45) is 0. The Labute approximate surface area is 204 Å². The molecule has 0 saturated carbocycles. The van der Waals surface area contributed by atoms with Crippen LogP contribution >= 0.6 is 23.2 Å². The molecule has 2 aromatic carbocycles. The fraction of sp³-hybridized carbons (Fsp3) is 0.320. The fourth-order valence-corrected chi connectivity index (χ4v) is 3.65. The second-order valence-corrected chi connectivity index (χ2v) is 9.60. The van der Waals surface area contributed by atoms with Gasteiger partial charge in [0.1, 0.15) is 11.2 Å². The topological polar surface area (TPSA) is 67.2 Å². The average molecular weight is 487 g/mol. The van der Waals surface area contributed by atoms with Crippen molar-refractivity contribution in [2.75, 3.05) is 18.4 Å². The van der Waals surface area contributed by atoms with E-state index >= 15 is 0 Å². The lowest BCUT2D eigenvalue weighted by Gasteiger charge is -2.23. The molecule has 0 bridgehead atoms. The van der Waals surface area contributed by atoms with Crippen LogP contribution in [0.3, 0.4) is 0 Å². The van der Waals surface area contributed by atoms with E-state index in [9.17, 15) is 9.59 Å². The van der Waals surface area contributed by atoms with Crippen LogP contribution < -0.4 is 5.32 Å². The molecule has 1 aromatic heterocycles. The minimum Gasteiger partial charge on any atom is -0.332 e. The van der Waals surface area contributed by atoms with Crippen LogP contribution in [-0.4, -0.2) is 39.6 Å². The van der Waals surface area contributed by atoms with Crippen LogP contribution in [0, 0.1) is 0 Å². The third-order valence-electron chi connectivity index (χ3n) is 5.15. The Balaban J connectivity index is 1.80. The normalized spacial score (nSPS) is 12.3. The summed E-state index contributed by atoms with van der Waals surface area (Å²) >= 11 is 12.4. The number of carbonyl (C=O) groups is 2. The Morgan fingerprint density at radius 3 is 2.30 bits per heavy atom. The molecule has 0 fully saturated rings. The van der Waals surface area contributed by atoms with Gasteiger partial charge in [-0.15, -0.1) is 11.6 Å². The highest BCUT2D eigenvalue weighted by Gasteiger charge is 2.26. The third-order valence-corrected chi connectivity index (χ3v) is 5.84. The molecule has 1 unspecified atom stereocenters. The Morgan fingerprint density at radius 2 is 1.73 bits per heavy atom. The molecule has 1 N–H and O–H groups in total. The summed E-state index contributed by atoms with van der Waals surface area (Å²) < 4.78 is 1.67. The van der Waals surface area contributed by atoms with Crippen molar-refractivity contribution < 1.29 is 9.59 Å². The van der Waals surface area contributed by atoms with Crippen molar-refractivity contribution in [3.63, 3.8) is 0 Å². The van der Waals surface area contributed by atoms with Crippen molar-refractivity contribution >= 4 is 40.8 Å². The van der Waals surface area contributed by atoms with Gasteiger partial charge in [-0.25, -0.2) is 4.68 Å². The third kappa shape index (κ3) is 6.15. The average Bonchev–Trinajstić information content (AvgIpc) is 3.21. The molecule has 1 atom stereocenters. The summed E-state index contributed by atoms with van der Waals surface area (Å²) in [6.45, 7) is 8.20. The van der Waals surface area contributed by atoms with Gasteiger partial charge in [0.15, 0.2) is 0 Å². The molecule has 3 rings (SSSR count). The first kappa shape index (κ1) is 24.8. The smallest absolute Gasteiger partial charge is 0.245 e. The molecule has 0 aliphatic carbocycles. The van der Waals surface area contributed by atoms with Gasteiger partial charge >= 0.3 is 0 Å². The van der Waals surface area contributed by atoms with E-state index in [4.69, 9.17) is 28.3 Å². The first-order valence-electron chi connectivity index (χ1n) is 10.7. The van der Waals surface area contributed by atoms with Crippen LogP contribution in [0.15, 0.2) is 60.7 Å². The van der Waals surface area contributed by atoms with Crippen LogP contribution in [0.1, 0.15) is 44.3 Å². The molecule has 0 saturated heterocycles. The molecule has 2 amide bonds. The lowest BCUT2D eigenvalue weighted by molar-refractivity contribution is -0.134. The maximum absolute atomic E-state index is 12.9. The number of amides is 2. The summed E-state index contributed by atoms with van der Waals surface area (Å²) in [5, 5.41) is 7.35. The predicted octanol–water partition coefficient (Wildman–Crippen LogP) is 5.59. The zero-order valence-corrected chi connectivity index (χ0v) is 20.7. The van der Waals surface area contributed by atoms with Gasteiger partial charge in [0.05, 0.1) is 17.9 Å². The highest BCUT2D eigenvalue weighted by Crippen LogP contribution is 2.27. The van der Waals surface area contributed by atoms with E-state index in [0.717, 1.165) is 11.4 Å². The number of carbonyl (C=O) groups excluding carboxylic acids is 2. The Kier molecular flexibility index (Phi) is 7.82. The second kappa shape index (κ2) is 10.4. The van der Waals surface area contributed by atoms with Crippen LogP contribution in [0.4, 0.5) is 5.82 Å². The standard InChI is InChI=1S/C25H28Cl2N4O2/c1-5-30(24(33)23(27)17-9-7-6-8-10-17)16-22(32)28-21-15-20(25(2,3)4)29-31(21)19-13-11-18(26)12-14-19/h6-15,23H,5,16H2,1-4H3,(H,28,32). The molecule has 8 heteroatoms. The van der Waals surface area contributed by atoms with Crippen molar-refractivity contribution in [2.24, 2.45) is 0 Å². The molecule has 0 aliphatic heterocycles. The molecule has 3 aromatic rings. The minimum absolute atomic E-state index is 0.123. The van der Waals surface area contributed by atoms with Crippen molar-refractivity contribution in [1.82, 2.24) is 14.7 Å². The monoisotopic (exact) mass is 486 g/mol. The second-order valence-electron chi connectivity index (χ2n) is 8.73. The van der Waals surface area contributed by atoms with Gasteiger partial charge in [0.2, 0.25) is 11.8 Å². The van der Waals surface area contributed by atoms with E-state index in [1.165, 1.54) is 4.90 Å². The highest BCUT2D eigenvalue weighted by atomic mass is 35.5. The maximum atomic E-state index is 12.9. The number of anilines is 1. The molecule has 174 valence electrons. The summed E-state index contributed by atoms with van der Waals surface area (Å²) in [5.74, 6) is -0.138. The number of rotatable bonds is 7. The molecule has 0 spiro atoms. The molecule has 0 aliphatic rings. The molecule has 6 nitrogen and oxygen atoms in total. The number of halogens is 2. The number of alkyl halides is 1. The zero-order valence-electron chi connectivity index (χ0n) is 19.2. The number of benzene rings is 2. The summed E-state index contributed by atoms with van der Waals surface area (Å²) in [4.78, 5) is 27.3. The van der Waals surface area contributed by atoms with Gasteiger partial charge in [-0.1, -0.05) is 62.7 Å². The maximum Gasteiger partial charge on any atom is 0.245 e. The van der Waals surface area contributed by atoms with Crippen LogP contribution in [0.5, 0.6) is 0 Å². The first-order chi connectivity index (χ1) is 15.6. The Bertz CT molecular complexity index is 1110. The SMILES string of the molecule is CCN(CC(=O)Nc1cc(C(C)(C)C)nn1-c1ccc(Cl)cc1)C(=O)C(Cl)c1ccccc1. The van der Waals surface area contributed by atoms with Crippen LogP contribution in [0.25, 0.3) is 5.69 Å². The van der Waals surface area contributed by atoms with Gasteiger partial charge in [-0.05, 0) is 36.8 Å². The van der Waals surface area contributed by atoms with Crippen LogP contribution in [0.2, 0.25) is 5.02 Å². The minimum atomic E-state index is -0.856. The van der Waals surface area contributed by atoms with E-state index in [2.05, 4.69) is 26.1 Å². The lowest BCUT2D eigenvalue weighted by Crippen LogP contribution is -2.39.